The van der Waals surface area contributed by atoms with Crippen LogP contribution in [0.4, 0.5) is 0 Å². The van der Waals surface area contributed by atoms with Gasteiger partial charge in [-0.3, -0.25) is 10.1 Å². The van der Waals surface area contributed by atoms with Crippen molar-refractivity contribution >= 4 is 5.97 Å². The summed E-state index contributed by atoms with van der Waals surface area (Å²) < 4.78 is 5.24. The van der Waals surface area contributed by atoms with Gasteiger partial charge >= 0.3 is 5.97 Å². The molecule has 1 aliphatic rings. The van der Waals surface area contributed by atoms with Crippen molar-refractivity contribution in [2.75, 3.05) is 13.2 Å². The second-order valence-electron chi connectivity index (χ2n) is 4.66. The molecule has 0 saturated heterocycles. The number of aliphatic hydroxyl groups excluding tert-OH is 1. The summed E-state index contributed by atoms with van der Waals surface area (Å²) in [5, 5.41) is 21.5. The Labute approximate surface area is 95.8 Å². The molecule has 0 aromatic heterocycles. The highest BCUT2D eigenvalue weighted by Crippen LogP contribution is 2.31. The number of carboxylic acid groups (broad SMARTS) is 1. The summed E-state index contributed by atoms with van der Waals surface area (Å²) in [7, 11) is 0. The zero-order valence-electron chi connectivity index (χ0n) is 9.90. The number of ether oxygens (including phenoxy) is 1. The third-order valence-electron chi connectivity index (χ3n) is 2.91. The summed E-state index contributed by atoms with van der Waals surface area (Å²) in [4.78, 5) is 11.0. The minimum atomic E-state index is -0.823. The third-order valence-corrected chi connectivity index (χ3v) is 2.91. The number of hydrogen-bond acceptors (Lipinski definition) is 4. The van der Waals surface area contributed by atoms with Gasteiger partial charge in [-0.2, -0.15) is 0 Å². The van der Waals surface area contributed by atoms with E-state index in [2.05, 4.69) is 5.32 Å². The van der Waals surface area contributed by atoms with Crippen molar-refractivity contribution in [3.05, 3.63) is 0 Å². The van der Waals surface area contributed by atoms with Gasteiger partial charge in [0.25, 0.3) is 0 Å². The second-order valence-corrected chi connectivity index (χ2v) is 4.66. The van der Waals surface area contributed by atoms with Gasteiger partial charge in [0.05, 0.1) is 18.8 Å². The number of rotatable bonds is 7. The van der Waals surface area contributed by atoms with Crippen molar-refractivity contribution in [3.8, 4) is 0 Å². The van der Waals surface area contributed by atoms with Crippen LogP contribution in [0.3, 0.4) is 0 Å². The Morgan fingerprint density at radius 3 is 2.50 bits per heavy atom. The van der Waals surface area contributed by atoms with Gasteiger partial charge in [0.1, 0.15) is 5.54 Å². The molecule has 5 nitrogen and oxygen atoms in total. The number of aliphatic carboxylic acids is 1. The summed E-state index contributed by atoms with van der Waals surface area (Å²) in [6, 6.07) is 0. The van der Waals surface area contributed by atoms with Gasteiger partial charge in [-0.25, -0.2) is 0 Å². The lowest BCUT2D eigenvalue weighted by atomic mass is 9.76. The maximum Gasteiger partial charge on any atom is 0.323 e. The number of carboxylic acids is 1. The van der Waals surface area contributed by atoms with E-state index < -0.39 is 17.6 Å². The molecule has 0 bridgehead atoms. The number of β-amino-alcohol motifs (C(OH)–C–C–N with tert-alkyl or cyclic N) is 1. The van der Waals surface area contributed by atoms with Crippen molar-refractivity contribution in [1.29, 1.82) is 0 Å². The van der Waals surface area contributed by atoms with E-state index in [1.165, 1.54) is 0 Å². The molecule has 0 spiro atoms. The van der Waals surface area contributed by atoms with Gasteiger partial charge in [0.15, 0.2) is 0 Å². The summed E-state index contributed by atoms with van der Waals surface area (Å²) >= 11 is 0. The lowest BCUT2D eigenvalue weighted by Crippen LogP contribution is -2.59. The highest BCUT2D eigenvalue weighted by atomic mass is 16.5. The molecule has 0 aromatic rings. The highest BCUT2D eigenvalue weighted by molar-refractivity contribution is 5.79. The van der Waals surface area contributed by atoms with E-state index in [9.17, 15) is 9.90 Å². The zero-order valence-corrected chi connectivity index (χ0v) is 9.90. The molecule has 0 heterocycles. The Bertz CT molecular complexity index is 238. The number of aliphatic hydroxyl groups is 1. The second kappa shape index (κ2) is 5.61. The Hall–Kier alpha value is -0.650. The Balaban J connectivity index is 2.25. The van der Waals surface area contributed by atoms with Gasteiger partial charge in [-0.1, -0.05) is 0 Å². The molecule has 0 radical (unpaired) electrons. The molecule has 94 valence electrons. The fourth-order valence-corrected chi connectivity index (χ4v) is 1.67. The van der Waals surface area contributed by atoms with Crippen LogP contribution in [0.25, 0.3) is 0 Å². The SMILES string of the molecule is CC(C)OCC(O)CNC1(C(=O)O)CCC1. The molecule has 0 amide bonds. The average Bonchev–Trinajstić information content (AvgIpc) is 2.12. The van der Waals surface area contributed by atoms with Crippen LogP contribution in [0.2, 0.25) is 0 Å². The summed E-state index contributed by atoms with van der Waals surface area (Å²) in [5.74, 6) is -0.823. The van der Waals surface area contributed by atoms with Crippen molar-refractivity contribution in [2.45, 2.75) is 50.9 Å². The Kier molecular flexibility index (Phi) is 4.70. The van der Waals surface area contributed by atoms with Crippen LogP contribution in [-0.2, 0) is 9.53 Å². The van der Waals surface area contributed by atoms with Gasteiger partial charge < -0.3 is 14.9 Å². The molecule has 0 aromatic carbocycles. The zero-order chi connectivity index (χ0) is 12.2. The standard InChI is InChI=1S/C11H21NO4/c1-8(2)16-7-9(13)6-12-11(10(14)15)4-3-5-11/h8-9,12-13H,3-7H2,1-2H3,(H,14,15). The van der Waals surface area contributed by atoms with Crippen LogP contribution in [0.5, 0.6) is 0 Å². The molecule has 3 N–H and O–H groups in total. The Morgan fingerprint density at radius 1 is 1.50 bits per heavy atom. The van der Waals surface area contributed by atoms with E-state index >= 15 is 0 Å². The quantitative estimate of drug-likeness (QED) is 0.590. The van der Waals surface area contributed by atoms with Crippen molar-refractivity contribution in [1.82, 2.24) is 5.32 Å². The van der Waals surface area contributed by atoms with E-state index in [0.717, 1.165) is 6.42 Å². The fourth-order valence-electron chi connectivity index (χ4n) is 1.67. The smallest absolute Gasteiger partial charge is 0.323 e. The summed E-state index contributed by atoms with van der Waals surface area (Å²) in [5.41, 5.74) is -0.807. The molecule has 1 fully saturated rings. The van der Waals surface area contributed by atoms with Crippen LogP contribution in [0, 0.1) is 0 Å². The predicted octanol–water partition coefficient (Wildman–Crippen LogP) is 0.369. The van der Waals surface area contributed by atoms with E-state index in [-0.39, 0.29) is 19.3 Å². The van der Waals surface area contributed by atoms with Gasteiger partial charge in [-0.15, -0.1) is 0 Å². The molecule has 1 atom stereocenters. The predicted molar refractivity (Wildman–Crippen MR) is 59.3 cm³/mol. The van der Waals surface area contributed by atoms with Crippen LogP contribution in [-0.4, -0.2) is 47.1 Å². The molecule has 5 heteroatoms. The van der Waals surface area contributed by atoms with Gasteiger partial charge in [0.2, 0.25) is 0 Å². The minimum absolute atomic E-state index is 0.0757. The minimum Gasteiger partial charge on any atom is -0.480 e. The Morgan fingerprint density at radius 2 is 2.12 bits per heavy atom. The fraction of sp³-hybridized carbons (Fsp3) is 0.909. The maximum atomic E-state index is 11.0. The molecule has 1 unspecified atom stereocenters. The molecular formula is C11H21NO4. The third kappa shape index (κ3) is 3.43. The van der Waals surface area contributed by atoms with E-state index in [1.807, 2.05) is 13.8 Å². The van der Waals surface area contributed by atoms with Crippen LogP contribution in [0.1, 0.15) is 33.1 Å². The van der Waals surface area contributed by atoms with Crippen LogP contribution in [0.15, 0.2) is 0 Å². The monoisotopic (exact) mass is 231 g/mol. The molecular weight excluding hydrogens is 210 g/mol. The van der Waals surface area contributed by atoms with Crippen LogP contribution < -0.4 is 5.32 Å². The van der Waals surface area contributed by atoms with E-state index in [4.69, 9.17) is 9.84 Å². The van der Waals surface area contributed by atoms with E-state index in [1.54, 1.807) is 0 Å². The number of carbonyl (C=O) groups is 1. The molecule has 1 rings (SSSR count). The molecule has 0 aliphatic heterocycles. The lowest BCUT2D eigenvalue weighted by molar-refractivity contribution is -0.149. The first-order valence-electron chi connectivity index (χ1n) is 5.74. The van der Waals surface area contributed by atoms with Crippen LogP contribution >= 0.6 is 0 Å². The van der Waals surface area contributed by atoms with Crippen molar-refractivity contribution in [2.24, 2.45) is 0 Å². The maximum absolute atomic E-state index is 11.0. The normalized spacial score (nSPS) is 20.5. The van der Waals surface area contributed by atoms with E-state index in [0.29, 0.717) is 12.8 Å². The van der Waals surface area contributed by atoms with Gasteiger partial charge in [0, 0.05) is 6.54 Å². The first kappa shape index (κ1) is 13.4. The summed E-state index contributed by atoms with van der Waals surface area (Å²) in [6.45, 7) is 4.29. The topological polar surface area (TPSA) is 78.8 Å². The van der Waals surface area contributed by atoms with Crippen molar-refractivity contribution < 1.29 is 19.7 Å². The van der Waals surface area contributed by atoms with Crippen molar-refractivity contribution in [3.63, 3.8) is 0 Å². The lowest BCUT2D eigenvalue weighted by Gasteiger charge is -2.39. The molecule has 1 aliphatic carbocycles. The first-order chi connectivity index (χ1) is 7.46. The highest BCUT2D eigenvalue weighted by Gasteiger charge is 2.44. The largest absolute Gasteiger partial charge is 0.480 e. The van der Waals surface area contributed by atoms with Gasteiger partial charge in [-0.05, 0) is 33.1 Å². The number of hydrogen-bond donors (Lipinski definition) is 3. The first-order valence-corrected chi connectivity index (χ1v) is 5.74. The summed E-state index contributed by atoms with van der Waals surface area (Å²) in [6.07, 6.45) is 1.63. The molecule has 1 saturated carbocycles. The number of nitrogens with one attached hydrogen (secondary N) is 1. The average molecular weight is 231 g/mol. The molecule has 16 heavy (non-hydrogen) atoms.